The summed E-state index contributed by atoms with van der Waals surface area (Å²) in [5, 5.41) is 8.26. The maximum Gasteiger partial charge on any atom is 0.284 e. The van der Waals surface area contributed by atoms with Gasteiger partial charge >= 0.3 is 0 Å². The van der Waals surface area contributed by atoms with Crippen molar-refractivity contribution in [2.24, 2.45) is 0 Å². The molecule has 0 aliphatic rings. The van der Waals surface area contributed by atoms with Crippen molar-refractivity contribution in [3.63, 3.8) is 0 Å². The van der Waals surface area contributed by atoms with E-state index in [1.54, 1.807) is 15.6 Å². The minimum Gasteiger partial charge on any atom is -0.290 e. The fourth-order valence-electron chi connectivity index (χ4n) is 3.02. The van der Waals surface area contributed by atoms with E-state index in [1.165, 1.54) is 5.56 Å². The van der Waals surface area contributed by atoms with Gasteiger partial charge in [0.2, 0.25) is 0 Å². The number of aromatic nitrogens is 5. The molecule has 130 valence electrons. The molecular weight excluding hydrogens is 326 g/mol. The van der Waals surface area contributed by atoms with Gasteiger partial charge in [-0.05, 0) is 49.6 Å². The minimum absolute atomic E-state index is 0.132. The average molecular weight is 345 g/mol. The second-order valence-corrected chi connectivity index (χ2v) is 6.49. The molecule has 0 spiro atoms. The molecule has 26 heavy (non-hydrogen) atoms. The van der Waals surface area contributed by atoms with Gasteiger partial charge < -0.3 is 0 Å². The van der Waals surface area contributed by atoms with Crippen molar-refractivity contribution in [3.05, 3.63) is 81.9 Å². The monoisotopic (exact) mass is 345 g/mol. The van der Waals surface area contributed by atoms with Gasteiger partial charge in [-0.3, -0.25) is 9.36 Å². The quantitative estimate of drug-likeness (QED) is 0.572. The number of aryl methyl sites for hydroxylation is 2. The Labute approximate surface area is 150 Å². The first-order valence-electron chi connectivity index (χ1n) is 8.51. The van der Waals surface area contributed by atoms with Crippen molar-refractivity contribution in [2.45, 2.75) is 26.8 Å². The maximum atomic E-state index is 12.9. The van der Waals surface area contributed by atoms with Crippen LogP contribution in [0.5, 0.6) is 0 Å². The molecule has 2 aromatic carbocycles. The third kappa shape index (κ3) is 2.60. The molecule has 0 saturated heterocycles. The molecule has 0 amide bonds. The van der Waals surface area contributed by atoms with Crippen LogP contribution in [0, 0.1) is 13.8 Å². The van der Waals surface area contributed by atoms with Gasteiger partial charge in [-0.2, -0.15) is 4.68 Å². The number of hydrogen-bond donors (Lipinski definition) is 0. The first-order chi connectivity index (χ1) is 12.6. The topological polar surface area (TPSA) is 65.6 Å². The molecule has 6 nitrogen and oxygen atoms in total. The minimum atomic E-state index is -0.193. The van der Waals surface area contributed by atoms with Crippen LogP contribution in [-0.4, -0.2) is 24.5 Å². The van der Waals surface area contributed by atoms with Gasteiger partial charge in [-0.1, -0.05) is 41.6 Å². The highest BCUT2D eigenvalue weighted by Gasteiger charge is 2.17. The fourth-order valence-corrected chi connectivity index (χ4v) is 3.02. The lowest BCUT2D eigenvalue weighted by molar-refractivity contribution is 0.607. The molecule has 6 heteroatoms. The third-order valence-electron chi connectivity index (χ3n) is 4.82. The lowest BCUT2D eigenvalue weighted by Crippen LogP contribution is -2.24. The Bertz CT molecular complexity index is 1140. The maximum absolute atomic E-state index is 12.9. The molecule has 1 atom stereocenters. The molecule has 0 bridgehead atoms. The van der Waals surface area contributed by atoms with Crippen LogP contribution >= 0.6 is 0 Å². The van der Waals surface area contributed by atoms with Crippen molar-refractivity contribution in [3.8, 4) is 5.69 Å². The van der Waals surface area contributed by atoms with Gasteiger partial charge in [0.25, 0.3) is 5.56 Å². The van der Waals surface area contributed by atoms with E-state index >= 15 is 0 Å². The molecule has 2 aromatic heterocycles. The van der Waals surface area contributed by atoms with Crippen LogP contribution in [0.4, 0.5) is 0 Å². The second kappa shape index (κ2) is 6.22. The lowest BCUT2D eigenvalue weighted by atomic mass is 10.1. The van der Waals surface area contributed by atoms with E-state index in [0.29, 0.717) is 5.65 Å². The van der Waals surface area contributed by atoms with Crippen LogP contribution < -0.4 is 5.56 Å². The van der Waals surface area contributed by atoms with Crippen LogP contribution in [0.25, 0.3) is 16.9 Å². The number of benzene rings is 2. The Kier molecular flexibility index (Phi) is 3.88. The van der Waals surface area contributed by atoms with Crippen molar-refractivity contribution in [2.75, 3.05) is 0 Å². The SMILES string of the molecule is Cc1ccc(-n2nnc3c(=O)n(C(C)c4ccccc4)cnc32)cc1C. The summed E-state index contributed by atoms with van der Waals surface area (Å²) in [6.07, 6.45) is 1.57. The smallest absolute Gasteiger partial charge is 0.284 e. The van der Waals surface area contributed by atoms with Gasteiger partial charge in [-0.25, -0.2) is 4.98 Å². The molecule has 4 rings (SSSR count). The number of fused-ring (bicyclic) bond motifs is 1. The number of rotatable bonds is 3. The zero-order valence-electron chi connectivity index (χ0n) is 14.9. The number of nitrogens with zero attached hydrogens (tertiary/aromatic N) is 5. The van der Waals surface area contributed by atoms with Gasteiger partial charge in [0.15, 0.2) is 11.2 Å². The number of hydrogen-bond acceptors (Lipinski definition) is 4. The van der Waals surface area contributed by atoms with E-state index in [9.17, 15) is 4.79 Å². The molecule has 1 unspecified atom stereocenters. The summed E-state index contributed by atoms with van der Waals surface area (Å²) >= 11 is 0. The predicted octanol–water partition coefficient (Wildman–Crippen LogP) is 3.20. The second-order valence-electron chi connectivity index (χ2n) is 6.49. The third-order valence-corrected chi connectivity index (χ3v) is 4.82. The molecule has 2 heterocycles. The summed E-state index contributed by atoms with van der Waals surface area (Å²) in [4.78, 5) is 17.4. The van der Waals surface area contributed by atoms with E-state index in [2.05, 4.69) is 22.2 Å². The summed E-state index contributed by atoms with van der Waals surface area (Å²) in [5.74, 6) is 0. The van der Waals surface area contributed by atoms with Crippen molar-refractivity contribution in [1.82, 2.24) is 24.5 Å². The van der Waals surface area contributed by atoms with E-state index in [4.69, 9.17) is 0 Å². The highest BCUT2D eigenvalue weighted by molar-refractivity contribution is 5.70. The molecule has 0 saturated carbocycles. The molecule has 0 fully saturated rings. The van der Waals surface area contributed by atoms with Crippen LogP contribution in [0.15, 0.2) is 59.7 Å². The molecule has 0 radical (unpaired) electrons. The van der Waals surface area contributed by atoms with E-state index in [1.807, 2.05) is 62.4 Å². The normalized spacial score (nSPS) is 12.4. The highest BCUT2D eigenvalue weighted by Crippen LogP contribution is 2.18. The fraction of sp³-hybridized carbons (Fsp3) is 0.200. The summed E-state index contributed by atoms with van der Waals surface area (Å²) < 4.78 is 3.21. The van der Waals surface area contributed by atoms with E-state index in [0.717, 1.165) is 16.8 Å². The molecule has 0 N–H and O–H groups in total. The highest BCUT2D eigenvalue weighted by atomic mass is 16.1. The van der Waals surface area contributed by atoms with Gasteiger partial charge in [-0.15, -0.1) is 5.10 Å². The summed E-state index contributed by atoms with van der Waals surface area (Å²) in [6.45, 7) is 6.07. The summed E-state index contributed by atoms with van der Waals surface area (Å²) in [6, 6.07) is 15.7. The Morgan fingerprint density at radius 3 is 2.50 bits per heavy atom. The first-order valence-corrected chi connectivity index (χ1v) is 8.51. The van der Waals surface area contributed by atoms with E-state index in [-0.39, 0.29) is 17.1 Å². The molecule has 0 aliphatic carbocycles. The standard InChI is InChI=1S/C20H19N5O/c1-13-9-10-17(11-14(13)2)25-19-18(22-23-25)20(26)24(12-21-19)15(3)16-7-5-4-6-8-16/h4-12,15H,1-3H3. The van der Waals surface area contributed by atoms with Crippen LogP contribution in [0.3, 0.4) is 0 Å². The Morgan fingerprint density at radius 1 is 1.00 bits per heavy atom. The van der Waals surface area contributed by atoms with Crippen molar-refractivity contribution in [1.29, 1.82) is 0 Å². The van der Waals surface area contributed by atoms with Crippen LogP contribution in [0.2, 0.25) is 0 Å². The molecule has 0 aliphatic heterocycles. The van der Waals surface area contributed by atoms with Crippen LogP contribution in [0.1, 0.15) is 29.7 Å². The summed E-state index contributed by atoms with van der Waals surface area (Å²) in [7, 11) is 0. The Hall–Kier alpha value is -3.28. The zero-order valence-corrected chi connectivity index (χ0v) is 14.9. The lowest BCUT2D eigenvalue weighted by Gasteiger charge is -2.14. The van der Waals surface area contributed by atoms with Crippen molar-refractivity contribution < 1.29 is 0 Å². The first kappa shape index (κ1) is 16.2. The van der Waals surface area contributed by atoms with Gasteiger partial charge in [0.05, 0.1) is 11.7 Å². The van der Waals surface area contributed by atoms with Gasteiger partial charge in [0.1, 0.15) is 6.33 Å². The van der Waals surface area contributed by atoms with E-state index < -0.39 is 0 Å². The van der Waals surface area contributed by atoms with Crippen molar-refractivity contribution >= 4 is 11.2 Å². The summed E-state index contributed by atoms with van der Waals surface area (Å²) in [5.41, 5.74) is 4.78. The average Bonchev–Trinajstić information content (AvgIpc) is 3.09. The predicted molar refractivity (Wildman–Crippen MR) is 101 cm³/mol. The Balaban J connectivity index is 1.83. The van der Waals surface area contributed by atoms with Crippen LogP contribution in [-0.2, 0) is 0 Å². The molecular formula is C20H19N5O. The molecule has 4 aromatic rings. The Morgan fingerprint density at radius 2 is 1.77 bits per heavy atom. The van der Waals surface area contributed by atoms with Gasteiger partial charge in [0, 0.05) is 0 Å². The largest absolute Gasteiger partial charge is 0.290 e. The zero-order chi connectivity index (χ0) is 18.3.